The Hall–Kier alpha value is -2.03. The largest absolute Gasteiger partial charge is 0.394 e. The highest BCUT2D eigenvalue weighted by Crippen LogP contribution is 2.14. The van der Waals surface area contributed by atoms with Gasteiger partial charge in [0, 0.05) is 25.1 Å². The first-order chi connectivity index (χ1) is 11.5. The number of amides is 2. The van der Waals surface area contributed by atoms with E-state index in [1.807, 2.05) is 0 Å². The Morgan fingerprint density at radius 2 is 2.00 bits per heavy atom. The molecule has 3 atom stereocenters. The predicted octanol–water partition coefficient (Wildman–Crippen LogP) is -0.427. The van der Waals surface area contributed by atoms with Gasteiger partial charge < -0.3 is 25.6 Å². The van der Waals surface area contributed by atoms with E-state index in [-0.39, 0.29) is 25.5 Å². The second kappa shape index (κ2) is 8.72. The Bertz CT molecular complexity index is 566. The van der Waals surface area contributed by atoms with Crippen LogP contribution in [0.15, 0.2) is 24.3 Å². The number of nitrogens with one attached hydrogen (secondary N) is 2. The van der Waals surface area contributed by atoms with Crippen molar-refractivity contribution in [3.05, 3.63) is 35.6 Å². The Morgan fingerprint density at radius 1 is 1.29 bits per heavy atom. The van der Waals surface area contributed by atoms with Gasteiger partial charge in [-0.1, -0.05) is 0 Å². The zero-order valence-corrected chi connectivity index (χ0v) is 13.1. The molecule has 0 bridgehead atoms. The number of rotatable bonds is 6. The van der Waals surface area contributed by atoms with Gasteiger partial charge >= 0.3 is 0 Å². The van der Waals surface area contributed by atoms with Crippen molar-refractivity contribution in [2.45, 2.75) is 31.1 Å². The molecule has 8 heteroatoms. The van der Waals surface area contributed by atoms with E-state index in [1.54, 1.807) is 0 Å². The molecule has 0 aliphatic carbocycles. The summed E-state index contributed by atoms with van der Waals surface area (Å²) >= 11 is 0. The first-order valence-electron chi connectivity index (χ1n) is 7.75. The van der Waals surface area contributed by atoms with Gasteiger partial charge in [-0.2, -0.15) is 0 Å². The molecule has 4 N–H and O–H groups in total. The van der Waals surface area contributed by atoms with E-state index in [4.69, 9.17) is 9.84 Å². The number of carbonyl (C=O) groups excluding carboxylic acids is 2. The Kier molecular flexibility index (Phi) is 6.65. The zero-order chi connectivity index (χ0) is 17.5. The van der Waals surface area contributed by atoms with Gasteiger partial charge in [-0.3, -0.25) is 9.59 Å². The van der Waals surface area contributed by atoms with Gasteiger partial charge in [-0.05, 0) is 30.7 Å². The van der Waals surface area contributed by atoms with Crippen LogP contribution in [0.1, 0.15) is 23.2 Å². The minimum Gasteiger partial charge on any atom is -0.394 e. The van der Waals surface area contributed by atoms with Gasteiger partial charge in [0.15, 0.2) is 0 Å². The third kappa shape index (κ3) is 4.98. The van der Waals surface area contributed by atoms with Crippen LogP contribution >= 0.6 is 0 Å². The summed E-state index contributed by atoms with van der Waals surface area (Å²) in [6, 6.07) is 4.60. The number of hydrogen-bond acceptors (Lipinski definition) is 5. The molecule has 1 saturated heterocycles. The first kappa shape index (κ1) is 18.3. The number of carbonyl (C=O) groups is 2. The van der Waals surface area contributed by atoms with E-state index in [2.05, 4.69) is 10.6 Å². The molecule has 132 valence electrons. The first-order valence-corrected chi connectivity index (χ1v) is 7.75. The van der Waals surface area contributed by atoms with Crippen LogP contribution in [0.25, 0.3) is 0 Å². The Labute approximate surface area is 138 Å². The minimum atomic E-state index is -0.971. The van der Waals surface area contributed by atoms with Crippen molar-refractivity contribution < 1.29 is 28.9 Å². The maximum absolute atomic E-state index is 12.8. The summed E-state index contributed by atoms with van der Waals surface area (Å²) < 4.78 is 18.0. The van der Waals surface area contributed by atoms with Gasteiger partial charge in [-0.15, -0.1) is 0 Å². The van der Waals surface area contributed by atoms with Gasteiger partial charge in [0.2, 0.25) is 5.91 Å². The lowest BCUT2D eigenvalue weighted by molar-refractivity contribution is -0.131. The molecule has 0 spiro atoms. The molecular weight excluding hydrogens is 319 g/mol. The van der Waals surface area contributed by atoms with E-state index in [0.717, 1.165) is 0 Å². The lowest BCUT2D eigenvalue weighted by Gasteiger charge is -2.34. The summed E-state index contributed by atoms with van der Waals surface area (Å²) in [7, 11) is 0. The summed E-state index contributed by atoms with van der Waals surface area (Å²) in [4.78, 5) is 23.7. The molecule has 2 rings (SSSR count). The predicted molar refractivity (Wildman–Crippen MR) is 82.7 cm³/mol. The molecular formula is C16H21FN2O5. The fourth-order valence-electron chi connectivity index (χ4n) is 2.46. The maximum Gasteiger partial charge on any atom is 0.251 e. The summed E-state index contributed by atoms with van der Waals surface area (Å²) in [6.45, 7) is 0.139. The average molecular weight is 340 g/mol. The average Bonchev–Trinajstić information content (AvgIpc) is 2.57. The molecule has 24 heavy (non-hydrogen) atoms. The summed E-state index contributed by atoms with van der Waals surface area (Å²) in [5.41, 5.74) is 0.308. The number of aliphatic hydroxyl groups is 2. The quantitative estimate of drug-likeness (QED) is 0.562. The highest BCUT2D eigenvalue weighted by molar-refractivity contribution is 5.94. The molecule has 2 amide bonds. The molecule has 0 unspecified atom stereocenters. The highest BCUT2D eigenvalue weighted by atomic mass is 19.1. The van der Waals surface area contributed by atoms with E-state index in [1.165, 1.54) is 24.3 Å². The monoisotopic (exact) mass is 340 g/mol. The zero-order valence-electron chi connectivity index (χ0n) is 13.1. The summed E-state index contributed by atoms with van der Waals surface area (Å²) in [5.74, 6) is -1.14. The van der Waals surface area contributed by atoms with Crippen molar-refractivity contribution in [1.82, 2.24) is 10.6 Å². The number of halogens is 1. The molecule has 1 aromatic rings. The number of aliphatic hydroxyl groups excluding tert-OH is 2. The number of hydrogen-bond donors (Lipinski definition) is 4. The molecule has 7 nitrogen and oxygen atoms in total. The topological polar surface area (TPSA) is 108 Å². The van der Waals surface area contributed by atoms with Crippen molar-refractivity contribution in [2.24, 2.45) is 0 Å². The fourth-order valence-corrected chi connectivity index (χ4v) is 2.46. The van der Waals surface area contributed by atoms with Crippen molar-refractivity contribution in [3.8, 4) is 0 Å². The van der Waals surface area contributed by atoms with Crippen LogP contribution in [-0.2, 0) is 9.53 Å². The Morgan fingerprint density at radius 3 is 2.67 bits per heavy atom. The van der Waals surface area contributed by atoms with Crippen LogP contribution in [-0.4, -0.2) is 60.0 Å². The third-order valence-corrected chi connectivity index (χ3v) is 3.82. The van der Waals surface area contributed by atoms with Gasteiger partial charge in [0.25, 0.3) is 5.91 Å². The van der Waals surface area contributed by atoms with Crippen molar-refractivity contribution in [1.29, 1.82) is 0 Å². The van der Waals surface area contributed by atoms with Gasteiger partial charge in [0.05, 0.1) is 12.6 Å². The van der Waals surface area contributed by atoms with Crippen molar-refractivity contribution in [3.63, 3.8) is 0 Å². The smallest absolute Gasteiger partial charge is 0.251 e. The molecule has 0 aromatic heterocycles. The van der Waals surface area contributed by atoms with Crippen molar-refractivity contribution in [2.75, 3.05) is 19.8 Å². The molecule has 1 aliphatic rings. The molecule has 1 aliphatic heterocycles. The summed E-state index contributed by atoms with van der Waals surface area (Å²) in [5, 5.41) is 24.3. The normalized spacial score (nSPS) is 23.5. The molecule has 0 saturated carbocycles. The lowest BCUT2D eigenvalue weighted by Crippen LogP contribution is -2.54. The molecule has 0 radical (unpaired) electrons. The third-order valence-electron chi connectivity index (χ3n) is 3.82. The maximum atomic E-state index is 12.8. The van der Waals surface area contributed by atoms with Gasteiger partial charge in [-0.25, -0.2) is 4.39 Å². The Balaban J connectivity index is 1.73. The van der Waals surface area contributed by atoms with Gasteiger partial charge in [0.1, 0.15) is 18.0 Å². The van der Waals surface area contributed by atoms with Crippen LogP contribution in [0.4, 0.5) is 4.39 Å². The number of ether oxygens (including phenoxy) is 1. The SMILES string of the molecule is O=C(CCNC(=O)c1ccc(F)cc1)N[C@H]1CCO[C@H](CO)[C@H]1O. The molecule has 1 heterocycles. The van der Waals surface area contributed by atoms with E-state index in [0.29, 0.717) is 18.6 Å². The lowest BCUT2D eigenvalue weighted by atomic mass is 10.00. The van der Waals surface area contributed by atoms with E-state index < -0.39 is 30.0 Å². The molecule has 1 fully saturated rings. The number of benzene rings is 1. The van der Waals surface area contributed by atoms with Crippen LogP contribution < -0.4 is 10.6 Å². The van der Waals surface area contributed by atoms with Crippen LogP contribution in [0.5, 0.6) is 0 Å². The van der Waals surface area contributed by atoms with E-state index >= 15 is 0 Å². The van der Waals surface area contributed by atoms with Crippen molar-refractivity contribution >= 4 is 11.8 Å². The fraction of sp³-hybridized carbons (Fsp3) is 0.500. The highest BCUT2D eigenvalue weighted by Gasteiger charge is 2.33. The standard InChI is InChI=1S/C16H21FN2O5/c17-11-3-1-10(2-4-11)16(23)18-7-5-14(21)19-12-6-8-24-13(9-20)15(12)22/h1-4,12-13,15,20,22H,5-9H2,(H,18,23)(H,19,21)/t12-,13+,15-/m0/s1. The molecule has 1 aromatic carbocycles. The van der Waals surface area contributed by atoms with E-state index in [9.17, 15) is 19.1 Å². The second-order valence-electron chi connectivity index (χ2n) is 5.56. The van der Waals surface area contributed by atoms with Crippen LogP contribution in [0.3, 0.4) is 0 Å². The van der Waals surface area contributed by atoms with Crippen LogP contribution in [0.2, 0.25) is 0 Å². The second-order valence-corrected chi connectivity index (χ2v) is 5.56. The minimum absolute atomic E-state index is 0.0425. The van der Waals surface area contributed by atoms with Crippen LogP contribution in [0, 0.1) is 5.82 Å². The summed E-state index contributed by atoms with van der Waals surface area (Å²) in [6.07, 6.45) is -1.18.